The van der Waals surface area contributed by atoms with Crippen molar-refractivity contribution < 1.29 is 9.32 Å². The van der Waals surface area contributed by atoms with Crippen molar-refractivity contribution in [3.8, 4) is 22.2 Å². The largest absolute Gasteiger partial charge is 0.333 e. The number of hydrogen-bond acceptors (Lipinski definition) is 7. The van der Waals surface area contributed by atoms with Crippen molar-refractivity contribution in [2.75, 3.05) is 5.32 Å². The van der Waals surface area contributed by atoms with Gasteiger partial charge in [-0.3, -0.25) is 14.2 Å². The molecule has 0 spiro atoms. The van der Waals surface area contributed by atoms with Crippen LogP contribution in [0.2, 0.25) is 5.02 Å². The van der Waals surface area contributed by atoms with Crippen LogP contribution < -0.4 is 10.9 Å². The van der Waals surface area contributed by atoms with Gasteiger partial charge in [0.15, 0.2) is 0 Å². The SMILES string of the molecule is Cc1ccc(NC(=O)Cn2cnc3sc(-c4nc(-c5ccccc5Cl)no4)c(C)c3c2=O)cc1. The Labute approximate surface area is 202 Å². The number of fused-ring (bicyclic) bond motifs is 1. The van der Waals surface area contributed by atoms with E-state index in [1.807, 2.05) is 43.3 Å². The Morgan fingerprint density at radius 3 is 2.68 bits per heavy atom. The highest BCUT2D eigenvalue weighted by molar-refractivity contribution is 7.22. The van der Waals surface area contributed by atoms with E-state index in [1.54, 1.807) is 19.1 Å². The van der Waals surface area contributed by atoms with Crippen LogP contribution in [0.25, 0.3) is 32.4 Å². The van der Waals surface area contributed by atoms with E-state index in [1.165, 1.54) is 22.2 Å². The highest BCUT2D eigenvalue weighted by atomic mass is 35.5. The Balaban J connectivity index is 1.44. The number of nitrogens with zero attached hydrogens (tertiary/aromatic N) is 4. The van der Waals surface area contributed by atoms with Crippen molar-refractivity contribution in [1.82, 2.24) is 19.7 Å². The zero-order valence-electron chi connectivity index (χ0n) is 18.2. The molecule has 0 aliphatic carbocycles. The summed E-state index contributed by atoms with van der Waals surface area (Å²) >= 11 is 7.52. The van der Waals surface area contributed by atoms with Gasteiger partial charge in [-0.25, -0.2) is 4.98 Å². The molecule has 0 bridgehead atoms. The highest BCUT2D eigenvalue weighted by Gasteiger charge is 2.21. The summed E-state index contributed by atoms with van der Waals surface area (Å²) in [5.41, 5.74) is 2.76. The van der Waals surface area contributed by atoms with E-state index in [2.05, 4.69) is 20.4 Å². The molecule has 5 aromatic rings. The number of carbonyl (C=O) groups excluding carboxylic acids is 1. The summed E-state index contributed by atoms with van der Waals surface area (Å²) < 4.78 is 6.76. The first-order valence-electron chi connectivity index (χ1n) is 10.3. The summed E-state index contributed by atoms with van der Waals surface area (Å²) in [5, 5.41) is 7.76. The third kappa shape index (κ3) is 4.11. The lowest BCUT2D eigenvalue weighted by Crippen LogP contribution is -2.27. The Morgan fingerprint density at radius 1 is 1.15 bits per heavy atom. The second kappa shape index (κ2) is 8.85. The quantitative estimate of drug-likeness (QED) is 0.367. The number of halogens is 1. The van der Waals surface area contributed by atoms with Gasteiger partial charge < -0.3 is 9.84 Å². The first-order valence-corrected chi connectivity index (χ1v) is 11.5. The predicted molar refractivity (Wildman–Crippen MR) is 132 cm³/mol. The van der Waals surface area contributed by atoms with Gasteiger partial charge in [0.1, 0.15) is 11.4 Å². The van der Waals surface area contributed by atoms with Crippen LogP contribution in [0.3, 0.4) is 0 Å². The van der Waals surface area contributed by atoms with E-state index >= 15 is 0 Å². The molecule has 0 atom stereocenters. The zero-order valence-corrected chi connectivity index (χ0v) is 19.8. The molecule has 0 fully saturated rings. The fraction of sp³-hybridized carbons (Fsp3) is 0.125. The van der Waals surface area contributed by atoms with E-state index in [9.17, 15) is 9.59 Å². The van der Waals surface area contributed by atoms with Crippen LogP contribution >= 0.6 is 22.9 Å². The Morgan fingerprint density at radius 2 is 1.91 bits per heavy atom. The van der Waals surface area contributed by atoms with E-state index in [0.717, 1.165) is 5.56 Å². The maximum Gasteiger partial charge on any atom is 0.268 e. The number of rotatable bonds is 5. The molecule has 5 rings (SSSR count). The lowest BCUT2D eigenvalue weighted by atomic mass is 10.2. The minimum Gasteiger partial charge on any atom is -0.333 e. The average molecular weight is 492 g/mol. The molecule has 8 nitrogen and oxygen atoms in total. The van der Waals surface area contributed by atoms with Gasteiger partial charge in [0.05, 0.1) is 21.6 Å². The summed E-state index contributed by atoms with van der Waals surface area (Å²) in [7, 11) is 0. The van der Waals surface area contributed by atoms with E-state index < -0.39 is 0 Å². The van der Waals surface area contributed by atoms with Crippen LogP contribution in [-0.4, -0.2) is 25.6 Å². The molecule has 0 saturated heterocycles. The van der Waals surface area contributed by atoms with E-state index in [-0.39, 0.29) is 23.9 Å². The molecule has 3 aromatic heterocycles. The first-order chi connectivity index (χ1) is 16.4. The monoisotopic (exact) mass is 491 g/mol. The average Bonchev–Trinajstić information content (AvgIpc) is 3.43. The number of thiophene rings is 1. The topological polar surface area (TPSA) is 103 Å². The highest BCUT2D eigenvalue weighted by Crippen LogP contribution is 2.36. The molecule has 0 aliphatic rings. The van der Waals surface area contributed by atoms with Gasteiger partial charge in [-0.1, -0.05) is 46.6 Å². The normalized spacial score (nSPS) is 11.1. The van der Waals surface area contributed by atoms with E-state index in [4.69, 9.17) is 16.1 Å². The van der Waals surface area contributed by atoms with Crippen LogP contribution in [-0.2, 0) is 11.3 Å². The minimum absolute atomic E-state index is 0.155. The van der Waals surface area contributed by atoms with Crippen LogP contribution in [0.1, 0.15) is 11.1 Å². The Hall–Kier alpha value is -3.82. The fourth-order valence-corrected chi connectivity index (χ4v) is 4.82. The van der Waals surface area contributed by atoms with Crippen LogP contribution in [0.5, 0.6) is 0 Å². The molecular weight excluding hydrogens is 474 g/mol. The van der Waals surface area contributed by atoms with Gasteiger partial charge in [0.25, 0.3) is 11.4 Å². The van der Waals surface area contributed by atoms with Crippen LogP contribution in [0, 0.1) is 13.8 Å². The number of nitrogens with one attached hydrogen (secondary N) is 1. The lowest BCUT2D eigenvalue weighted by Gasteiger charge is -2.07. The predicted octanol–water partition coefficient (Wildman–Crippen LogP) is 5.08. The molecule has 10 heteroatoms. The number of carbonyl (C=O) groups is 1. The van der Waals surface area contributed by atoms with Gasteiger partial charge in [-0.15, -0.1) is 11.3 Å². The number of aromatic nitrogens is 4. The summed E-state index contributed by atoms with van der Waals surface area (Å²) in [6.07, 6.45) is 1.38. The van der Waals surface area contributed by atoms with Gasteiger partial charge in [0, 0.05) is 11.3 Å². The molecule has 0 aliphatic heterocycles. The Kier molecular flexibility index (Phi) is 5.72. The van der Waals surface area contributed by atoms with Crippen molar-refractivity contribution in [1.29, 1.82) is 0 Å². The molecule has 2 aromatic carbocycles. The molecule has 1 amide bonds. The maximum absolute atomic E-state index is 13.2. The lowest BCUT2D eigenvalue weighted by molar-refractivity contribution is -0.116. The smallest absolute Gasteiger partial charge is 0.268 e. The molecular formula is C24H18ClN5O3S. The minimum atomic E-state index is -0.318. The van der Waals surface area contributed by atoms with Gasteiger partial charge in [0.2, 0.25) is 11.7 Å². The number of amides is 1. The number of hydrogen-bond donors (Lipinski definition) is 1. The van der Waals surface area contributed by atoms with Gasteiger partial charge in [-0.2, -0.15) is 4.98 Å². The number of anilines is 1. The standard InChI is InChI=1S/C24H18ClN5O3S/c1-13-7-9-15(10-8-13)27-18(31)11-30-12-26-23-19(24(30)32)14(2)20(34-23)22-28-21(29-33-22)16-5-3-4-6-17(16)25/h3-10,12H,11H2,1-2H3,(H,27,31). The maximum atomic E-state index is 13.2. The van der Waals surface area contributed by atoms with Crippen molar-refractivity contribution in [3.05, 3.63) is 81.4 Å². The van der Waals surface area contributed by atoms with Crippen molar-refractivity contribution in [3.63, 3.8) is 0 Å². The second-order valence-corrected chi connectivity index (χ2v) is 9.14. The summed E-state index contributed by atoms with van der Waals surface area (Å²) in [6, 6.07) is 14.6. The van der Waals surface area contributed by atoms with Crippen LogP contribution in [0.4, 0.5) is 5.69 Å². The third-order valence-corrected chi connectivity index (χ3v) is 6.82. The number of aryl methyl sites for hydroxylation is 2. The van der Waals surface area contributed by atoms with Crippen molar-refractivity contribution >= 4 is 44.7 Å². The zero-order chi connectivity index (χ0) is 23.8. The molecule has 3 heterocycles. The molecule has 34 heavy (non-hydrogen) atoms. The first kappa shape index (κ1) is 22.0. The van der Waals surface area contributed by atoms with Crippen molar-refractivity contribution in [2.45, 2.75) is 20.4 Å². The summed E-state index contributed by atoms with van der Waals surface area (Å²) in [4.78, 5) is 35.7. The molecule has 0 unspecified atom stereocenters. The molecule has 0 radical (unpaired) electrons. The third-order valence-electron chi connectivity index (χ3n) is 5.30. The van der Waals surface area contributed by atoms with E-state index in [0.29, 0.717) is 42.8 Å². The number of benzene rings is 2. The summed E-state index contributed by atoms with van der Waals surface area (Å²) in [5.74, 6) is 0.315. The Bertz CT molecular complexity index is 1590. The fourth-order valence-electron chi connectivity index (χ4n) is 3.54. The summed E-state index contributed by atoms with van der Waals surface area (Å²) in [6.45, 7) is 3.61. The molecule has 1 N–H and O–H groups in total. The second-order valence-electron chi connectivity index (χ2n) is 7.73. The van der Waals surface area contributed by atoms with Crippen molar-refractivity contribution in [2.24, 2.45) is 0 Å². The molecule has 170 valence electrons. The molecule has 0 saturated carbocycles. The van der Waals surface area contributed by atoms with Gasteiger partial charge in [-0.05, 0) is 43.7 Å². The van der Waals surface area contributed by atoms with Gasteiger partial charge >= 0.3 is 0 Å². The van der Waals surface area contributed by atoms with Crippen LogP contribution in [0.15, 0.2) is 64.2 Å².